The van der Waals surface area contributed by atoms with Crippen molar-refractivity contribution in [2.75, 3.05) is 0 Å². The smallest absolute Gasteiger partial charge is 0.0868 e. The van der Waals surface area contributed by atoms with Gasteiger partial charge in [-0.25, -0.2) is 0 Å². The molecule has 0 saturated heterocycles. The molecule has 0 unspecified atom stereocenters. The van der Waals surface area contributed by atoms with Gasteiger partial charge in [-0.05, 0) is 41.5 Å². The zero-order valence-corrected chi connectivity index (χ0v) is 13.7. The minimum atomic E-state index is 1.14. The quantitative estimate of drug-likeness (QED) is 0.744. The summed E-state index contributed by atoms with van der Waals surface area (Å²) in [6.07, 6.45) is 0. The first-order chi connectivity index (χ1) is 9.38. The average Bonchev–Trinajstić information content (AvgIpc) is 2.30. The van der Waals surface area contributed by atoms with Crippen molar-refractivity contribution in [2.45, 2.75) is 41.5 Å². The molecule has 0 atom stereocenters. The summed E-state index contributed by atoms with van der Waals surface area (Å²) in [6.45, 7) is 13.3. The van der Waals surface area contributed by atoms with Crippen LogP contribution in [0.2, 0.25) is 0 Å². The summed E-state index contributed by atoms with van der Waals surface area (Å²) in [5, 5.41) is 0. The molecule has 0 saturated carbocycles. The van der Waals surface area contributed by atoms with Gasteiger partial charge in [-0.1, -0.05) is 68.6 Å². The molecular weight excluding hydrogens is 238 g/mol. The number of hydrogen-bond acceptors (Lipinski definition) is 0. The molecule has 0 nitrogen and oxygen atoms in total. The Balaban J connectivity index is 2.26. The maximum absolute atomic E-state index is 2.30. The van der Waals surface area contributed by atoms with Crippen LogP contribution in [-0.4, -0.2) is 14.3 Å². The third-order valence-electron chi connectivity index (χ3n) is 4.31. The van der Waals surface area contributed by atoms with E-state index in [1.807, 2.05) is 0 Å². The van der Waals surface area contributed by atoms with E-state index < -0.39 is 0 Å². The van der Waals surface area contributed by atoms with E-state index in [0.717, 1.165) is 14.3 Å². The summed E-state index contributed by atoms with van der Waals surface area (Å²) < 4.78 is 0. The standard InChI is InChI=1S/C18H24B2/c1-11-7-13(3)17(14(4)8-11)19-20-18-15(5)9-12(2)10-16(18)6/h7-10,19-20H,1-6H3. The lowest BCUT2D eigenvalue weighted by Crippen LogP contribution is -2.35. The van der Waals surface area contributed by atoms with Gasteiger partial charge in [0.1, 0.15) is 14.3 Å². The molecule has 2 aromatic rings. The Morgan fingerprint density at radius 2 is 0.750 bits per heavy atom. The molecule has 0 aliphatic carbocycles. The molecule has 0 heterocycles. The van der Waals surface area contributed by atoms with Gasteiger partial charge in [0.25, 0.3) is 0 Å². The Hall–Kier alpha value is -1.43. The predicted octanol–water partition coefficient (Wildman–Crippen LogP) is 2.28. The first-order valence-corrected chi connectivity index (χ1v) is 7.52. The largest absolute Gasteiger partial charge is 0.130 e. The van der Waals surface area contributed by atoms with Gasteiger partial charge in [0.15, 0.2) is 0 Å². The van der Waals surface area contributed by atoms with E-state index in [9.17, 15) is 0 Å². The van der Waals surface area contributed by atoms with Crippen LogP contribution in [-0.2, 0) is 0 Å². The van der Waals surface area contributed by atoms with E-state index >= 15 is 0 Å². The van der Waals surface area contributed by atoms with E-state index in [4.69, 9.17) is 0 Å². The fraction of sp³-hybridized carbons (Fsp3) is 0.333. The van der Waals surface area contributed by atoms with Crippen LogP contribution < -0.4 is 10.9 Å². The molecule has 0 aliphatic rings. The minimum absolute atomic E-state index is 1.14. The van der Waals surface area contributed by atoms with E-state index in [-0.39, 0.29) is 0 Å². The Bertz CT molecular complexity index is 538. The lowest BCUT2D eigenvalue weighted by Gasteiger charge is -2.13. The maximum Gasteiger partial charge on any atom is 0.130 e. The molecule has 0 amide bonds. The number of aryl methyl sites for hydroxylation is 6. The average molecular weight is 262 g/mol. The molecule has 102 valence electrons. The normalized spacial score (nSPS) is 10.5. The molecule has 0 radical (unpaired) electrons. The summed E-state index contributed by atoms with van der Waals surface area (Å²) >= 11 is 0. The SMILES string of the molecule is Cc1cc(C)c(BBc2c(C)cc(C)cc2C)c(C)c1. The van der Waals surface area contributed by atoms with Crippen LogP contribution in [0.15, 0.2) is 24.3 Å². The zero-order valence-electron chi connectivity index (χ0n) is 13.7. The van der Waals surface area contributed by atoms with Crippen LogP contribution in [0.25, 0.3) is 0 Å². The van der Waals surface area contributed by atoms with Gasteiger partial charge < -0.3 is 0 Å². The van der Waals surface area contributed by atoms with Crippen LogP contribution >= 0.6 is 0 Å². The third kappa shape index (κ3) is 3.17. The van der Waals surface area contributed by atoms with Crippen molar-refractivity contribution < 1.29 is 0 Å². The monoisotopic (exact) mass is 262 g/mol. The molecular formula is C18H24B2. The van der Waals surface area contributed by atoms with E-state index in [1.54, 1.807) is 0 Å². The van der Waals surface area contributed by atoms with Gasteiger partial charge in [0, 0.05) is 0 Å². The second-order valence-electron chi connectivity index (χ2n) is 6.25. The van der Waals surface area contributed by atoms with Gasteiger partial charge >= 0.3 is 0 Å². The van der Waals surface area contributed by atoms with Gasteiger partial charge in [0.2, 0.25) is 0 Å². The van der Waals surface area contributed by atoms with Crippen LogP contribution in [0, 0.1) is 41.5 Å². The van der Waals surface area contributed by atoms with Gasteiger partial charge in [-0.15, -0.1) is 0 Å². The topological polar surface area (TPSA) is 0 Å². The molecule has 0 bridgehead atoms. The molecule has 2 aromatic carbocycles. The molecule has 0 aromatic heterocycles. The van der Waals surface area contributed by atoms with Gasteiger partial charge in [-0.3, -0.25) is 0 Å². The van der Waals surface area contributed by atoms with Crippen LogP contribution in [0.5, 0.6) is 0 Å². The molecule has 20 heavy (non-hydrogen) atoms. The van der Waals surface area contributed by atoms with Gasteiger partial charge in [-0.2, -0.15) is 0 Å². The van der Waals surface area contributed by atoms with Crippen molar-refractivity contribution in [3.63, 3.8) is 0 Å². The van der Waals surface area contributed by atoms with Crippen molar-refractivity contribution in [3.8, 4) is 0 Å². The predicted molar refractivity (Wildman–Crippen MR) is 94.9 cm³/mol. The summed E-state index contributed by atoms with van der Waals surface area (Å²) in [5.74, 6) is 0. The van der Waals surface area contributed by atoms with Crippen molar-refractivity contribution in [1.82, 2.24) is 0 Å². The number of rotatable bonds is 3. The van der Waals surface area contributed by atoms with Crippen LogP contribution in [0.4, 0.5) is 0 Å². The highest BCUT2D eigenvalue weighted by atomic mass is 14.0. The van der Waals surface area contributed by atoms with E-state index in [1.165, 1.54) is 44.3 Å². The van der Waals surface area contributed by atoms with Crippen molar-refractivity contribution in [1.29, 1.82) is 0 Å². The van der Waals surface area contributed by atoms with Crippen molar-refractivity contribution in [3.05, 3.63) is 57.6 Å². The van der Waals surface area contributed by atoms with Crippen LogP contribution in [0.1, 0.15) is 33.4 Å². The molecule has 0 spiro atoms. The fourth-order valence-corrected chi connectivity index (χ4v) is 3.46. The third-order valence-corrected chi connectivity index (χ3v) is 4.31. The van der Waals surface area contributed by atoms with Gasteiger partial charge in [0.05, 0.1) is 0 Å². The molecule has 2 rings (SSSR count). The molecule has 0 fully saturated rings. The molecule has 2 heteroatoms. The fourth-order valence-electron chi connectivity index (χ4n) is 3.46. The summed E-state index contributed by atoms with van der Waals surface area (Å²) in [6, 6.07) is 9.21. The molecule has 0 aliphatic heterocycles. The Labute approximate surface area is 125 Å². The minimum Gasteiger partial charge on any atom is -0.0868 e. The molecule has 0 N–H and O–H groups in total. The lowest BCUT2D eigenvalue weighted by atomic mass is 9.32. The van der Waals surface area contributed by atoms with E-state index in [0.29, 0.717) is 0 Å². The second kappa shape index (κ2) is 5.91. The highest BCUT2D eigenvalue weighted by Gasteiger charge is 2.10. The number of hydrogen-bond donors (Lipinski definition) is 0. The summed E-state index contributed by atoms with van der Waals surface area (Å²) in [7, 11) is 2.28. The maximum atomic E-state index is 2.30. The van der Waals surface area contributed by atoms with Crippen molar-refractivity contribution in [2.24, 2.45) is 0 Å². The highest BCUT2D eigenvalue weighted by molar-refractivity contribution is 7.13. The first kappa shape index (κ1) is 15.0. The Kier molecular flexibility index (Phi) is 4.42. The summed E-state index contributed by atoms with van der Waals surface area (Å²) in [4.78, 5) is 0. The lowest BCUT2D eigenvalue weighted by molar-refractivity contribution is 1.35. The number of benzene rings is 2. The Morgan fingerprint density at radius 3 is 1.00 bits per heavy atom. The first-order valence-electron chi connectivity index (χ1n) is 7.52. The highest BCUT2D eigenvalue weighted by Crippen LogP contribution is 2.07. The van der Waals surface area contributed by atoms with Crippen molar-refractivity contribution >= 4 is 25.3 Å². The van der Waals surface area contributed by atoms with Crippen LogP contribution in [0.3, 0.4) is 0 Å². The summed E-state index contributed by atoms with van der Waals surface area (Å²) in [5.41, 5.74) is 11.5. The van der Waals surface area contributed by atoms with E-state index in [2.05, 4.69) is 65.8 Å². The Morgan fingerprint density at radius 1 is 0.500 bits per heavy atom. The zero-order chi connectivity index (χ0) is 14.9. The second-order valence-corrected chi connectivity index (χ2v) is 6.25.